The normalized spacial score (nSPS) is 16.0. The Kier molecular flexibility index (Phi) is 7.72. The van der Waals surface area contributed by atoms with Gasteiger partial charge in [-0.1, -0.05) is 72.4 Å². The maximum absolute atomic E-state index is 14.2. The highest BCUT2D eigenvalue weighted by molar-refractivity contribution is 8.17. The molecular weight excluding hydrogens is 389 g/mol. The zero-order valence-electron chi connectivity index (χ0n) is 16.3. The van der Waals surface area contributed by atoms with E-state index in [1.165, 1.54) is 0 Å². The van der Waals surface area contributed by atoms with Crippen molar-refractivity contribution in [2.45, 2.75) is 0 Å². The molecule has 0 unspecified atom stereocenters. The van der Waals surface area contributed by atoms with Gasteiger partial charge in [-0.2, -0.15) is 0 Å². The largest absolute Gasteiger partial charge is 0.383 e. The Morgan fingerprint density at radius 2 is 1.21 bits per heavy atom. The first-order valence-electron chi connectivity index (χ1n) is 9.23. The summed E-state index contributed by atoms with van der Waals surface area (Å²) in [6.45, 7) is 2.20. The van der Waals surface area contributed by atoms with Gasteiger partial charge < -0.3 is 9.47 Å². The van der Waals surface area contributed by atoms with Gasteiger partial charge in [0.15, 0.2) is 7.29 Å². The molecule has 1 aliphatic rings. The van der Waals surface area contributed by atoms with Crippen LogP contribution < -0.4 is 0 Å². The summed E-state index contributed by atoms with van der Waals surface area (Å²) in [5, 5.41) is 0. The molecule has 6 heteroatoms. The van der Waals surface area contributed by atoms with Gasteiger partial charge in [-0.3, -0.25) is 4.57 Å². The standard InChI is InChI=1S/C22H26NO3PS/c1-25-15-13-23(14-16-26-2)27(24)17-21(19-9-5-3-6-10-19)28-22(18-27)20-11-7-4-8-12-20/h3-12,17-18H,13-16H2,1-2H3. The second-order valence-electron chi connectivity index (χ2n) is 6.43. The summed E-state index contributed by atoms with van der Waals surface area (Å²) in [4.78, 5) is 2.04. The van der Waals surface area contributed by atoms with Crippen molar-refractivity contribution in [3.63, 3.8) is 0 Å². The average molecular weight is 415 g/mol. The maximum Gasteiger partial charge on any atom is 0.195 e. The molecule has 3 rings (SSSR count). The topological polar surface area (TPSA) is 38.8 Å². The molecule has 0 saturated carbocycles. The van der Waals surface area contributed by atoms with Crippen molar-refractivity contribution in [3.8, 4) is 0 Å². The smallest absolute Gasteiger partial charge is 0.195 e. The lowest BCUT2D eigenvalue weighted by Crippen LogP contribution is -2.27. The van der Waals surface area contributed by atoms with Crippen LogP contribution in [0.5, 0.6) is 0 Å². The zero-order chi connectivity index (χ0) is 19.8. The van der Waals surface area contributed by atoms with Gasteiger partial charge in [0.2, 0.25) is 0 Å². The fraction of sp³-hybridized carbons (Fsp3) is 0.273. The number of nitrogens with zero attached hydrogens (tertiary/aromatic N) is 1. The fourth-order valence-corrected chi connectivity index (χ4v) is 7.23. The van der Waals surface area contributed by atoms with Crippen molar-refractivity contribution in [2.75, 3.05) is 40.5 Å². The van der Waals surface area contributed by atoms with Crippen molar-refractivity contribution >= 4 is 28.9 Å². The van der Waals surface area contributed by atoms with Crippen LogP contribution in [0.2, 0.25) is 0 Å². The highest BCUT2D eigenvalue weighted by Crippen LogP contribution is 2.62. The number of rotatable bonds is 9. The Morgan fingerprint density at radius 1 is 0.786 bits per heavy atom. The molecular formula is C22H26NO3PS. The van der Waals surface area contributed by atoms with Crippen molar-refractivity contribution in [2.24, 2.45) is 0 Å². The second-order valence-corrected chi connectivity index (χ2v) is 9.94. The minimum atomic E-state index is -2.90. The van der Waals surface area contributed by atoms with E-state index in [0.29, 0.717) is 26.3 Å². The van der Waals surface area contributed by atoms with Gasteiger partial charge in [0.1, 0.15) is 0 Å². The monoisotopic (exact) mass is 415 g/mol. The number of ether oxygens (including phenoxy) is 2. The molecule has 28 heavy (non-hydrogen) atoms. The van der Waals surface area contributed by atoms with Gasteiger partial charge in [-0.05, 0) is 11.1 Å². The lowest BCUT2D eigenvalue weighted by Gasteiger charge is -2.31. The van der Waals surface area contributed by atoms with E-state index >= 15 is 0 Å². The summed E-state index contributed by atoms with van der Waals surface area (Å²) in [6.07, 6.45) is 0. The molecule has 4 nitrogen and oxygen atoms in total. The van der Waals surface area contributed by atoms with Gasteiger partial charge >= 0.3 is 0 Å². The number of benzene rings is 2. The van der Waals surface area contributed by atoms with Crippen LogP contribution >= 0.6 is 19.1 Å². The number of methoxy groups -OCH3 is 2. The molecule has 148 valence electrons. The molecule has 2 aromatic carbocycles. The number of hydrogen-bond acceptors (Lipinski definition) is 4. The van der Waals surface area contributed by atoms with Crippen LogP contribution in [0, 0.1) is 0 Å². The maximum atomic E-state index is 14.2. The van der Waals surface area contributed by atoms with E-state index in [9.17, 15) is 4.57 Å². The molecule has 0 radical (unpaired) electrons. The van der Waals surface area contributed by atoms with Gasteiger partial charge in [-0.25, -0.2) is 4.67 Å². The van der Waals surface area contributed by atoms with E-state index in [0.717, 1.165) is 20.9 Å². The minimum Gasteiger partial charge on any atom is -0.383 e. The Labute approximate surface area is 171 Å². The first-order chi connectivity index (χ1) is 13.7. The predicted molar refractivity (Wildman–Crippen MR) is 119 cm³/mol. The summed E-state index contributed by atoms with van der Waals surface area (Å²) in [6, 6.07) is 20.3. The van der Waals surface area contributed by atoms with Crippen LogP contribution in [0.1, 0.15) is 11.1 Å². The van der Waals surface area contributed by atoms with Crippen LogP contribution in [0.25, 0.3) is 9.81 Å². The van der Waals surface area contributed by atoms with Crippen molar-refractivity contribution in [3.05, 3.63) is 83.4 Å². The molecule has 0 amide bonds. The summed E-state index contributed by atoms with van der Waals surface area (Å²) in [5.74, 6) is 3.87. The van der Waals surface area contributed by atoms with E-state index in [4.69, 9.17) is 9.47 Å². The Hall–Kier alpha value is -1.62. The molecule has 1 heterocycles. The summed E-state index contributed by atoms with van der Waals surface area (Å²) in [7, 11) is 0.431. The molecule has 0 aromatic heterocycles. The van der Waals surface area contributed by atoms with Crippen LogP contribution in [0.4, 0.5) is 0 Å². The van der Waals surface area contributed by atoms with Crippen molar-refractivity contribution in [1.82, 2.24) is 4.67 Å². The predicted octanol–water partition coefficient (Wildman–Crippen LogP) is 5.60. The second kappa shape index (κ2) is 10.2. The molecule has 0 fully saturated rings. The molecule has 0 bridgehead atoms. The third-order valence-electron chi connectivity index (χ3n) is 4.49. The molecule has 0 atom stereocenters. The molecule has 0 saturated heterocycles. The zero-order valence-corrected chi connectivity index (χ0v) is 18.0. The van der Waals surface area contributed by atoms with Crippen molar-refractivity contribution < 1.29 is 14.0 Å². The quantitative estimate of drug-likeness (QED) is 0.498. The van der Waals surface area contributed by atoms with Crippen LogP contribution in [-0.2, 0) is 14.0 Å². The van der Waals surface area contributed by atoms with E-state index in [1.807, 2.05) is 52.7 Å². The number of hydrogen-bond donors (Lipinski definition) is 0. The van der Waals surface area contributed by atoms with Gasteiger partial charge in [0.05, 0.1) is 13.2 Å². The Bertz CT molecular complexity index is 800. The summed E-state index contributed by atoms with van der Waals surface area (Å²) < 4.78 is 26.7. The van der Waals surface area contributed by atoms with Crippen LogP contribution in [-0.4, -0.2) is 45.2 Å². The van der Waals surface area contributed by atoms with Gasteiger partial charge in [0, 0.05) is 48.8 Å². The van der Waals surface area contributed by atoms with E-state index in [2.05, 4.69) is 24.3 Å². The lowest BCUT2D eigenvalue weighted by atomic mass is 10.2. The molecule has 1 aliphatic heterocycles. The third kappa shape index (κ3) is 5.25. The molecule has 2 aromatic rings. The van der Waals surface area contributed by atoms with Gasteiger partial charge in [-0.15, -0.1) is 0 Å². The Balaban J connectivity index is 2.04. The van der Waals surface area contributed by atoms with Crippen LogP contribution in [0.15, 0.2) is 72.3 Å². The average Bonchev–Trinajstić information content (AvgIpc) is 2.74. The minimum absolute atomic E-state index is 0.518. The van der Waals surface area contributed by atoms with Gasteiger partial charge in [0.25, 0.3) is 0 Å². The first-order valence-corrected chi connectivity index (χ1v) is 11.8. The van der Waals surface area contributed by atoms with Crippen molar-refractivity contribution in [1.29, 1.82) is 0 Å². The van der Waals surface area contributed by atoms with E-state index < -0.39 is 7.29 Å². The number of thioether (sulfide) groups is 1. The summed E-state index contributed by atoms with van der Waals surface area (Å²) in [5.41, 5.74) is 2.15. The summed E-state index contributed by atoms with van der Waals surface area (Å²) >= 11 is 1.67. The Morgan fingerprint density at radius 3 is 1.61 bits per heavy atom. The molecule has 0 N–H and O–H groups in total. The highest BCUT2D eigenvalue weighted by Gasteiger charge is 2.31. The molecule has 0 aliphatic carbocycles. The van der Waals surface area contributed by atoms with E-state index in [1.54, 1.807) is 26.0 Å². The molecule has 0 spiro atoms. The third-order valence-corrected chi connectivity index (χ3v) is 8.53. The van der Waals surface area contributed by atoms with E-state index in [-0.39, 0.29) is 0 Å². The lowest BCUT2D eigenvalue weighted by molar-refractivity contribution is 0.150. The highest BCUT2D eigenvalue weighted by atomic mass is 32.2. The fourth-order valence-electron chi connectivity index (χ4n) is 3.00. The van der Waals surface area contributed by atoms with Crippen LogP contribution in [0.3, 0.4) is 0 Å². The first kappa shape index (κ1) is 21.1. The SMILES string of the molecule is COCCN(CCOC)P1(=O)C=C(c2ccccc2)SC(c2ccccc2)=C1.